The first-order valence-electron chi connectivity index (χ1n) is 6.96. The van der Waals surface area contributed by atoms with Crippen LogP contribution in [0.25, 0.3) is 0 Å². The normalized spacial score (nSPS) is 19.9. The molecule has 2 aromatic rings. The SMILES string of the molecule is C[C@H]1C[C@@H]1C(=O)Nc1ccc(Oc2ccc(Br)cc2)cc1. The van der Waals surface area contributed by atoms with Gasteiger partial charge in [-0.25, -0.2) is 0 Å². The van der Waals surface area contributed by atoms with Gasteiger partial charge < -0.3 is 10.1 Å². The van der Waals surface area contributed by atoms with Gasteiger partial charge in [-0.3, -0.25) is 4.79 Å². The minimum Gasteiger partial charge on any atom is -0.457 e. The van der Waals surface area contributed by atoms with Crippen molar-refractivity contribution < 1.29 is 9.53 Å². The summed E-state index contributed by atoms with van der Waals surface area (Å²) < 4.78 is 6.75. The molecule has 4 heteroatoms. The van der Waals surface area contributed by atoms with Crippen LogP contribution in [0.5, 0.6) is 11.5 Å². The Hall–Kier alpha value is -1.81. The van der Waals surface area contributed by atoms with E-state index >= 15 is 0 Å². The Bertz CT molecular complexity index is 637. The van der Waals surface area contributed by atoms with Gasteiger partial charge >= 0.3 is 0 Å². The van der Waals surface area contributed by atoms with E-state index in [9.17, 15) is 4.79 Å². The van der Waals surface area contributed by atoms with E-state index in [0.29, 0.717) is 5.92 Å². The summed E-state index contributed by atoms with van der Waals surface area (Å²) in [7, 11) is 0. The molecular formula is C17H16BrNO2. The fourth-order valence-corrected chi connectivity index (χ4v) is 2.43. The van der Waals surface area contributed by atoms with Crippen LogP contribution >= 0.6 is 15.9 Å². The van der Waals surface area contributed by atoms with Gasteiger partial charge in [0.1, 0.15) is 11.5 Å². The predicted molar refractivity (Wildman–Crippen MR) is 86.6 cm³/mol. The van der Waals surface area contributed by atoms with Crippen LogP contribution in [0.1, 0.15) is 13.3 Å². The van der Waals surface area contributed by atoms with E-state index in [-0.39, 0.29) is 11.8 Å². The maximum atomic E-state index is 11.8. The maximum absolute atomic E-state index is 11.8. The average Bonchev–Trinajstić information content (AvgIpc) is 3.21. The van der Waals surface area contributed by atoms with E-state index in [1.807, 2.05) is 48.5 Å². The Morgan fingerprint density at radius 1 is 1.10 bits per heavy atom. The zero-order valence-corrected chi connectivity index (χ0v) is 13.3. The second kappa shape index (κ2) is 5.90. The first-order chi connectivity index (χ1) is 10.1. The van der Waals surface area contributed by atoms with Gasteiger partial charge in [0.15, 0.2) is 0 Å². The molecule has 1 amide bonds. The van der Waals surface area contributed by atoms with Gasteiger partial charge in [-0.15, -0.1) is 0 Å². The van der Waals surface area contributed by atoms with Gasteiger partial charge in [0.05, 0.1) is 0 Å². The second-order valence-corrected chi connectivity index (χ2v) is 6.30. The summed E-state index contributed by atoms with van der Waals surface area (Å²) in [6.07, 6.45) is 0.997. The van der Waals surface area contributed by atoms with Crippen molar-refractivity contribution in [1.82, 2.24) is 0 Å². The van der Waals surface area contributed by atoms with Crippen LogP contribution < -0.4 is 10.1 Å². The number of hydrogen-bond donors (Lipinski definition) is 1. The highest BCUT2D eigenvalue weighted by Crippen LogP contribution is 2.38. The van der Waals surface area contributed by atoms with Crippen LogP contribution in [-0.2, 0) is 4.79 Å². The Labute approximate surface area is 132 Å². The highest BCUT2D eigenvalue weighted by Gasteiger charge is 2.38. The largest absolute Gasteiger partial charge is 0.457 e. The van der Waals surface area contributed by atoms with Gasteiger partial charge in [-0.2, -0.15) is 0 Å². The Morgan fingerprint density at radius 3 is 2.14 bits per heavy atom. The van der Waals surface area contributed by atoms with Crippen LogP contribution in [0.4, 0.5) is 5.69 Å². The minimum atomic E-state index is 0.115. The third kappa shape index (κ3) is 3.64. The van der Waals surface area contributed by atoms with Crippen LogP contribution in [0.15, 0.2) is 53.0 Å². The molecular weight excluding hydrogens is 330 g/mol. The van der Waals surface area contributed by atoms with E-state index in [4.69, 9.17) is 4.74 Å². The number of ether oxygens (including phenoxy) is 1. The molecule has 0 unspecified atom stereocenters. The first-order valence-corrected chi connectivity index (χ1v) is 7.75. The zero-order valence-electron chi connectivity index (χ0n) is 11.7. The van der Waals surface area contributed by atoms with Crippen molar-refractivity contribution in [3.05, 3.63) is 53.0 Å². The average molecular weight is 346 g/mol. The topological polar surface area (TPSA) is 38.3 Å². The molecule has 0 saturated heterocycles. The van der Waals surface area contributed by atoms with Crippen molar-refractivity contribution >= 4 is 27.5 Å². The second-order valence-electron chi connectivity index (χ2n) is 5.39. The molecule has 0 aromatic heterocycles. The molecule has 1 aliphatic rings. The Balaban J connectivity index is 1.61. The van der Waals surface area contributed by atoms with Crippen molar-refractivity contribution in [3.63, 3.8) is 0 Å². The van der Waals surface area contributed by atoms with Gasteiger partial charge in [0.25, 0.3) is 0 Å². The summed E-state index contributed by atoms with van der Waals surface area (Å²) >= 11 is 3.39. The number of carbonyl (C=O) groups excluding carboxylic acids is 1. The number of hydrogen-bond acceptors (Lipinski definition) is 2. The van der Waals surface area contributed by atoms with E-state index in [2.05, 4.69) is 28.2 Å². The molecule has 108 valence electrons. The van der Waals surface area contributed by atoms with Crippen molar-refractivity contribution in [1.29, 1.82) is 0 Å². The van der Waals surface area contributed by atoms with Gasteiger partial charge in [0.2, 0.25) is 5.91 Å². The predicted octanol–water partition coefficient (Wildman–Crippen LogP) is 4.84. The lowest BCUT2D eigenvalue weighted by Gasteiger charge is -2.08. The molecule has 1 saturated carbocycles. The molecule has 0 radical (unpaired) electrons. The summed E-state index contributed by atoms with van der Waals surface area (Å²) in [6.45, 7) is 2.10. The fourth-order valence-electron chi connectivity index (χ4n) is 2.17. The number of carbonyl (C=O) groups is 1. The smallest absolute Gasteiger partial charge is 0.227 e. The summed E-state index contributed by atoms with van der Waals surface area (Å²) in [5, 5.41) is 2.93. The van der Waals surface area contributed by atoms with E-state index in [1.165, 1.54) is 0 Å². The molecule has 1 fully saturated rings. The lowest BCUT2D eigenvalue weighted by molar-refractivity contribution is -0.117. The molecule has 1 aliphatic carbocycles. The number of halogens is 1. The van der Waals surface area contributed by atoms with Gasteiger partial charge in [0, 0.05) is 16.1 Å². The van der Waals surface area contributed by atoms with Crippen molar-refractivity contribution in [2.45, 2.75) is 13.3 Å². The zero-order chi connectivity index (χ0) is 14.8. The summed E-state index contributed by atoms with van der Waals surface area (Å²) in [6, 6.07) is 15.1. The summed E-state index contributed by atoms with van der Waals surface area (Å²) in [5.74, 6) is 2.34. The molecule has 2 aromatic carbocycles. The molecule has 0 aliphatic heterocycles. The molecule has 2 atom stereocenters. The van der Waals surface area contributed by atoms with Gasteiger partial charge in [-0.1, -0.05) is 22.9 Å². The van der Waals surface area contributed by atoms with Crippen molar-refractivity contribution in [3.8, 4) is 11.5 Å². The van der Waals surface area contributed by atoms with E-state index < -0.39 is 0 Å². The Kier molecular flexibility index (Phi) is 3.97. The van der Waals surface area contributed by atoms with Gasteiger partial charge in [-0.05, 0) is 60.9 Å². The van der Waals surface area contributed by atoms with Crippen molar-refractivity contribution in [2.24, 2.45) is 11.8 Å². The third-order valence-corrected chi connectivity index (χ3v) is 4.15. The summed E-state index contributed by atoms with van der Waals surface area (Å²) in [5.41, 5.74) is 0.808. The highest BCUT2D eigenvalue weighted by molar-refractivity contribution is 9.10. The standard InChI is InChI=1S/C17H16BrNO2/c1-11-10-16(11)17(20)19-13-4-8-15(9-5-13)21-14-6-2-12(18)3-7-14/h2-9,11,16H,10H2,1H3,(H,19,20)/t11-,16-/m0/s1. The van der Waals surface area contributed by atoms with Crippen LogP contribution in [0.2, 0.25) is 0 Å². The van der Waals surface area contributed by atoms with E-state index in [1.54, 1.807) is 0 Å². The molecule has 0 heterocycles. The quantitative estimate of drug-likeness (QED) is 0.861. The summed E-state index contributed by atoms with van der Waals surface area (Å²) in [4.78, 5) is 11.8. The van der Waals surface area contributed by atoms with Crippen LogP contribution in [0, 0.1) is 11.8 Å². The highest BCUT2D eigenvalue weighted by atomic mass is 79.9. The number of amides is 1. The monoisotopic (exact) mass is 345 g/mol. The molecule has 1 N–H and O–H groups in total. The maximum Gasteiger partial charge on any atom is 0.227 e. The lowest BCUT2D eigenvalue weighted by atomic mass is 10.2. The minimum absolute atomic E-state index is 0.115. The number of anilines is 1. The molecule has 0 spiro atoms. The molecule has 3 rings (SSSR count). The molecule has 3 nitrogen and oxygen atoms in total. The van der Waals surface area contributed by atoms with E-state index in [0.717, 1.165) is 28.1 Å². The van der Waals surface area contributed by atoms with Crippen molar-refractivity contribution in [2.75, 3.05) is 5.32 Å². The third-order valence-electron chi connectivity index (χ3n) is 3.62. The number of rotatable bonds is 4. The van der Waals surface area contributed by atoms with Crippen LogP contribution in [0.3, 0.4) is 0 Å². The Morgan fingerprint density at radius 2 is 1.62 bits per heavy atom. The molecule has 21 heavy (non-hydrogen) atoms. The number of nitrogens with one attached hydrogen (secondary N) is 1. The lowest BCUT2D eigenvalue weighted by Crippen LogP contribution is -2.14. The fraction of sp³-hybridized carbons (Fsp3) is 0.235. The first kappa shape index (κ1) is 14.1. The molecule has 0 bridgehead atoms. The van der Waals surface area contributed by atoms with Crippen LogP contribution in [-0.4, -0.2) is 5.91 Å². The number of benzene rings is 2.